The molecule has 0 aromatic carbocycles. The van der Waals surface area contributed by atoms with Crippen LogP contribution < -0.4 is 0 Å². The largest absolute Gasteiger partial charge is 0.384 e. The summed E-state index contributed by atoms with van der Waals surface area (Å²) in [4.78, 5) is 0. The van der Waals surface area contributed by atoms with Crippen molar-refractivity contribution in [2.45, 2.75) is 25.0 Å². The molecule has 0 aliphatic carbocycles. The molecule has 1 N–H and O–H groups in total. The van der Waals surface area contributed by atoms with Crippen LogP contribution in [-0.4, -0.2) is 27.6 Å². The first-order valence-corrected chi connectivity index (χ1v) is 5.46. The van der Waals surface area contributed by atoms with Gasteiger partial charge < -0.3 is 9.84 Å². The number of aliphatic hydroxyl groups is 1. The molecule has 1 aromatic heterocycles. The second-order valence-corrected chi connectivity index (χ2v) is 4.35. The molecule has 2 rings (SSSR count). The molecule has 0 amide bonds. The molecule has 2 atom stereocenters. The molecule has 1 fully saturated rings. The minimum Gasteiger partial charge on any atom is -0.384 e. The van der Waals surface area contributed by atoms with E-state index >= 15 is 0 Å². The van der Waals surface area contributed by atoms with Crippen molar-refractivity contribution in [1.29, 1.82) is 0 Å². The summed E-state index contributed by atoms with van der Waals surface area (Å²) in [6.45, 7) is 0.747. The quantitative estimate of drug-likeness (QED) is 0.875. The summed E-state index contributed by atoms with van der Waals surface area (Å²) in [6, 6.07) is 0. The van der Waals surface area contributed by atoms with Gasteiger partial charge in [-0.3, -0.25) is 4.68 Å². The molecule has 2 heterocycles. The molecule has 0 radical (unpaired) electrons. The monoisotopic (exact) mass is 260 g/mol. The number of nitrogens with zero attached hydrogens (tertiary/aromatic N) is 2. The van der Waals surface area contributed by atoms with Gasteiger partial charge in [0.1, 0.15) is 6.10 Å². The minimum atomic E-state index is -0.584. The van der Waals surface area contributed by atoms with Crippen LogP contribution in [0.1, 0.15) is 24.6 Å². The fourth-order valence-corrected chi connectivity index (χ4v) is 2.36. The van der Waals surface area contributed by atoms with E-state index in [9.17, 15) is 5.11 Å². The summed E-state index contributed by atoms with van der Waals surface area (Å²) in [7, 11) is 1.82. The van der Waals surface area contributed by atoms with Crippen LogP contribution in [0.5, 0.6) is 0 Å². The summed E-state index contributed by atoms with van der Waals surface area (Å²) in [5.74, 6) is 0. The standard InChI is InChI=1S/C9H13BrN2O2/c1-12-8(6(10)5-11-12)9(13)7-3-2-4-14-7/h5,7,9,13H,2-4H2,1H3. The number of hydrogen-bond acceptors (Lipinski definition) is 3. The number of aromatic nitrogens is 2. The van der Waals surface area contributed by atoms with Gasteiger partial charge in [-0.05, 0) is 28.8 Å². The van der Waals surface area contributed by atoms with Gasteiger partial charge in [-0.2, -0.15) is 5.10 Å². The van der Waals surface area contributed by atoms with Gasteiger partial charge in [-0.15, -0.1) is 0 Å². The Morgan fingerprint density at radius 3 is 3.07 bits per heavy atom. The van der Waals surface area contributed by atoms with Crippen LogP contribution in [0, 0.1) is 0 Å². The number of aliphatic hydroxyl groups excluding tert-OH is 1. The topological polar surface area (TPSA) is 47.3 Å². The van der Waals surface area contributed by atoms with Crippen molar-refractivity contribution in [3.8, 4) is 0 Å². The number of ether oxygens (including phenoxy) is 1. The summed E-state index contributed by atoms with van der Waals surface area (Å²) >= 11 is 3.37. The second-order valence-electron chi connectivity index (χ2n) is 3.50. The molecule has 78 valence electrons. The van der Waals surface area contributed by atoms with E-state index in [1.54, 1.807) is 10.9 Å². The Morgan fingerprint density at radius 1 is 1.79 bits per heavy atom. The third-order valence-corrected chi connectivity index (χ3v) is 3.15. The van der Waals surface area contributed by atoms with Crippen LogP contribution in [0.2, 0.25) is 0 Å². The molecule has 5 heteroatoms. The van der Waals surface area contributed by atoms with E-state index < -0.39 is 6.10 Å². The van der Waals surface area contributed by atoms with Gasteiger partial charge in [0, 0.05) is 13.7 Å². The summed E-state index contributed by atoms with van der Waals surface area (Å²) in [6.07, 6.45) is 2.96. The van der Waals surface area contributed by atoms with Crippen molar-refractivity contribution in [3.05, 3.63) is 16.4 Å². The molecule has 14 heavy (non-hydrogen) atoms. The number of aryl methyl sites for hydroxylation is 1. The Bertz CT molecular complexity index is 301. The highest BCUT2D eigenvalue weighted by Crippen LogP contribution is 2.30. The SMILES string of the molecule is Cn1ncc(Br)c1C(O)C1CCCO1. The summed E-state index contributed by atoms with van der Waals surface area (Å²) in [5, 5.41) is 14.1. The lowest BCUT2D eigenvalue weighted by Crippen LogP contribution is -2.20. The van der Waals surface area contributed by atoms with Crippen molar-refractivity contribution in [2.24, 2.45) is 7.05 Å². The third kappa shape index (κ3) is 1.71. The maximum absolute atomic E-state index is 10.1. The lowest BCUT2D eigenvalue weighted by atomic mass is 10.1. The van der Waals surface area contributed by atoms with E-state index in [0.717, 1.165) is 29.6 Å². The Kier molecular flexibility index (Phi) is 2.90. The van der Waals surface area contributed by atoms with Crippen LogP contribution >= 0.6 is 15.9 Å². The highest BCUT2D eigenvalue weighted by Gasteiger charge is 2.28. The predicted molar refractivity (Wildman–Crippen MR) is 54.8 cm³/mol. The van der Waals surface area contributed by atoms with Gasteiger partial charge in [0.25, 0.3) is 0 Å². The molecule has 0 spiro atoms. The lowest BCUT2D eigenvalue weighted by molar-refractivity contribution is -0.00686. The molecule has 1 aliphatic rings. The number of rotatable bonds is 2. The normalized spacial score (nSPS) is 24.1. The fraction of sp³-hybridized carbons (Fsp3) is 0.667. The fourth-order valence-electron chi connectivity index (χ4n) is 1.78. The van der Waals surface area contributed by atoms with Gasteiger partial charge >= 0.3 is 0 Å². The van der Waals surface area contributed by atoms with Crippen molar-refractivity contribution in [1.82, 2.24) is 9.78 Å². The zero-order valence-electron chi connectivity index (χ0n) is 7.98. The van der Waals surface area contributed by atoms with Crippen LogP contribution in [-0.2, 0) is 11.8 Å². The van der Waals surface area contributed by atoms with E-state index in [1.807, 2.05) is 7.05 Å². The average Bonchev–Trinajstić information content (AvgIpc) is 2.75. The Morgan fingerprint density at radius 2 is 2.57 bits per heavy atom. The zero-order chi connectivity index (χ0) is 10.1. The van der Waals surface area contributed by atoms with Crippen molar-refractivity contribution < 1.29 is 9.84 Å². The first kappa shape index (κ1) is 10.1. The van der Waals surface area contributed by atoms with Gasteiger partial charge in [-0.25, -0.2) is 0 Å². The molecule has 1 aromatic rings. The van der Waals surface area contributed by atoms with Gasteiger partial charge in [0.2, 0.25) is 0 Å². The molecule has 0 bridgehead atoms. The zero-order valence-corrected chi connectivity index (χ0v) is 9.57. The highest BCUT2D eigenvalue weighted by atomic mass is 79.9. The maximum atomic E-state index is 10.1. The van der Waals surface area contributed by atoms with Crippen LogP contribution in [0.3, 0.4) is 0 Å². The molecular formula is C9H13BrN2O2. The summed E-state index contributed by atoms with van der Waals surface area (Å²) in [5.41, 5.74) is 0.789. The van der Waals surface area contributed by atoms with Crippen LogP contribution in [0.15, 0.2) is 10.7 Å². The van der Waals surface area contributed by atoms with Gasteiger partial charge in [0.05, 0.1) is 22.5 Å². The lowest BCUT2D eigenvalue weighted by Gasteiger charge is -2.17. The van der Waals surface area contributed by atoms with Gasteiger partial charge in [-0.1, -0.05) is 0 Å². The number of halogens is 1. The van der Waals surface area contributed by atoms with E-state index in [-0.39, 0.29) is 6.10 Å². The maximum Gasteiger partial charge on any atom is 0.123 e. The molecule has 1 saturated heterocycles. The van der Waals surface area contributed by atoms with E-state index in [2.05, 4.69) is 21.0 Å². The molecule has 1 aliphatic heterocycles. The second kappa shape index (κ2) is 4.00. The average molecular weight is 261 g/mol. The van der Waals surface area contributed by atoms with Gasteiger partial charge in [0.15, 0.2) is 0 Å². The predicted octanol–water partition coefficient (Wildman–Crippen LogP) is 1.40. The third-order valence-electron chi connectivity index (χ3n) is 2.53. The van der Waals surface area contributed by atoms with Crippen LogP contribution in [0.4, 0.5) is 0 Å². The molecule has 4 nitrogen and oxygen atoms in total. The van der Waals surface area contributed by atoms with E-state index in [0.29, 0.717) is 0 Å². The van der Waals surface area contributed by atoms with Crippen molar-refractivity contribution in [2.75, 3.05) is 6.61 Å². The van der Waals surface area contributed by atoms with E-state index in [1.165, 1.54) is 0 Å². The first-order chi connectivity index (χ1) is 6.70. The Balaban J connectivity index is 2.21. The van der Waals surface area contributed by atoms with Crippen molar-refractivity contribution in [3.63, 3.8) is 0 Å². The smallest absolute Gasteiger partial charge is 0.123 e. The molecule has 2 unspecified atom stereocenters. The van der Waals surface area contributed by atoms with Crippen molar-refractivity contribution >= 4 is 15.9 Å². The first-order valence-electron chi connectivity index (χ1n) is 4.67. The minimum absolute atomic E-state index is 0.0818. The molecule has 0 saturated carbocycles. The Hall–Kier alpha value is -0.390. The Labute approximate surface area is 91.0 Å². The highest BCUT2D eigenvalue weighted by molar-refractivity contribution is 9.10. The summed E-state index contributed by atoms with van der Waals surface area (Å²) < 4.78 is 7.95. The number of hydrogen-bond donors (Lipinski definition) is 1. The van der Waals surface area contributed by atoms with E-state index in [4.69, 9.17) is 4.74 Å². The molecular weight excluding hydrogens is 248 g/mol. The van der Waals surface area contributed by atoms with Crippen LogP contribution in [0.25, 0.3) is 0 Å².